The van der Waals surface area contributed by atoms with E-state index in [1.54, 1.807) is 6.07 Å². The van der Waals surface area contributed by atoms with Gasteiger partial charge in [-0.1, -0.05) is 34.1 Å². The van der Waals surface area contributed by atoms with Gasteiger partial charge in [0.2, 0.25) is 0 Å². The molecule has 7 heteroatoms. The SMILES string of the molecule is Cc1cccc(C)c1OCC(=O)N/N=C\c1cc(O)c(Br)cc1Br. The number of rotatable bonds is 5. The monoisotopic (exact) mass is 454 g/mol. The van der Waals surface area contributed by atoms with Gasteiger partial charge in [0.05, 0.1) is 10.7 Å². The van der Waals surface area contributed by atoms with Crippen LogP contribution in [0.25, 0.3) is 0 Å². The summed E-state index contributed by atoms with van der Waals surface area (Å²) in [5, 5.41) is 13.5. The molecule has 126 valence electrons. The van der Waals surface area contributed by atoms with Gasteiger partial charge in [0.1, 0.15) is 11.5 Å². The van der Waals surface area contributed by atoms with E-state index >= 15 is 0 Å². The molecule has 24 heavy (non-hydrogen) atoms. The van der Waals surface area contributed by atoms with Gasteiger partial charge < -0.3 is 9.84 Å². The highest BCUT2D eigenvalue weighted by atomic mass is 79.9. The van der Waals surface area contributed by atoms with Gasteiger partial charge >= 0.3 is 0 Å². The van der Waals surface area contributed by atoms with Crippen molar-refractivity contribution in [1.82, 2.24) is 5.43 Å². The second-order valence-corrected chi connectivity index (χ2v) is 6.84. The summed E-state index contributed by atoms with van der Waals surface area (Å²) >= 11 is 6.57. The van der Waals surface area contributed by atoms with Gasteiger partial charge in [0.25, 0.3) is 5.91 Å². The normalized spacial score (nSPS) is 10.8. The van der Waals surface area contributed by atoms with Crippen molar-refractivity contribution in [3.8, 4) is 11.5 Å². The topological polar surface area (TPSA) is 70.9 Å². The number of phenolic OH excluding ortho intramolecular Hbond substituents is 1. The molecular weight excluding hydrogens is 440 g/mol. The molecule has 0 fully saturated rings. The Labute approximate surface area is 157 Å². The molecule has 0 atom stereocenters. The molecule has 0 radical (unpaired) electrons. The van der Waals surface area contributed by atoms with Crippen LogP contribution >= 0.6 is 31.9 Å². The number of carbonyl (C=O) groups is 1. The van der Waals surface area contributed by atoms with Gasteiger partial charge in [-0.15, -0.1) is 0 Å². The lowest BCUT2D eigenvalue weighted by Gasteiger charge is -2.10. The van der Waals surface area contributed by atoms with Crippen LogP contribution in [0.1, 0.15) is 16.7 Å². The van der Waals surface area contributed by atoms with E-state index in [0.717, 1.165) is 15.6 Å². The highest BCUT2D eigenvalue weighted by Gasteiger charge is 2.07. The van der Waals surface area contributed by atoms with Gasteiger partial charge in [0, 0.05) is 10.0 Å². The number of nitrogens with one attached hydrogen (secondary N) is 1. The van der Waals surface area contributed by atoms with E-state index in [9.17, 15) is 9.90 Å². The highest BCUT2D eigenvalue weighted by Crippen LogP contribution is 2.29. The fourth-order valence-electron chi connectivity index (χ4n) is 2.02. The van der Waals surface area contributed by atoms with Gasteiger partial charge in [-0.25, -0.2) is 5.43 Å². The number of hydrogen-bond donors (Lipinski definition) is 2. The van der Waals surface area contributed by atoms with Crippen molar-refractivity contribution < 1.29 is 14.6 Å². The molecule has 2 aromatic rings. The lowest BCUT2D eigenvalue weighted by molar-refractivity contribution is -0.123. The number of benzene rings is 2. The van der Waals surface area contributed by atoms with Crippen LogP contribution < -0.4 is 10.2 Å². The van der Waals surface area contributed by atoms with Crippen LogP contribution in [0.5, 0.6) is 11.5 Å². The van der Waals surface area contributed by atoms with Crippen LogP contribution in [0, 0.1) is 13.8 Å². The molecule has 0 aliphatic heterocycles. The van der Waals surface area contributed by atoms with Crippen molar-refractivity contribution in [2.45, 2.75) is 13.8 Å². The molecule has 0 aliphatic carbocycles. The third kappa shape index (κ3) is 4.82. The summed E-state index contributed by atoms with van der Waals surface area (Å²) in [6, 6.07) is 9.01. The van der Waals surface area contributed by atoms with Crippen molar-refractivity contribution in [2.75, 3.05) is 6.61 Å². The zero-order chi connectivity index (χ0) is 17.7. The standard InChI is InChI=1S/C17H16Br2N2O3/c1-10-4-3-5-11(2)17(10)24-9-16(23)21-20-8-12-6-15(22)14(19)7-13(12)18/h3-8,22H,9H2,1-2H3,(H,21,23)/b20-8-. The maximum atomic E-state index is 11.8. The Balaban J connectivity index is 1.93. The summed E-state index contributed by atoms with van der Waals surface area (Å²) in [5.41, 5.74) is 4.97. The minimum atomic E-state index is -0.369. The molecule has 0 saturated heterocycles. The van der Waals surface area contributed by atoms with Crippen molar-refractivity contribution in [3.63, 3.8) is 0 Å². The van der Waals surface area contributed by atoms with Crippen LogP contribution in [0.3, 0.4) is 0 Å². The molecular formula is C17H16Br2N2O3. The second-order valence-electron chi connectivity index (χ2n) is 5.13. The third-order valence-corrected chi connectivity index (χ3v) is 4.54. The molecule has 0 spiro atoms. The quantitative estimate of drug-likeness (QED) is 0.527. The van der Waals surface area contributed by atoms with Crippen LogP contribution in [0.2, 0.25) is 0 Å². The summed E-state index contributed by atoms with van der Waals surface area (Å²) in [5.74, 6) is 0.424. The van der Waals surface area contributed by atoms with E-state index in [1.165, 1.54) is 12.3 Å². The highest BCUT2D eigenvalue weighted by molar-refractivity contribution is 9.11. The Morgan fingerprint density at radius 2 is 1.92 bits per heavy atom. The number of hydrazone groups is 1. The molecule has 0 aromatic heterocycles. The Morgan fingerprint density at radius 3 is 2.58 bits per heavy atom. The number of aryl methyl sites for hydroxylation is 2. The lowest BCUT2D eigenvalue weighted by atomic mass is 10.1. The molecule has 0 unspecified atom stereocenters. The summed E-state index contributed by atoms with van der Waals surface area (Å²) < 4.78 is 6.85. The molecule has 5 nitrogen and oxygen atoms in total. The first-order chi connectivity index (χ1) is 11.4. The fourth-order valence-corrected chi connectivity index (χ4v) is 3.12. The number of phenols is 1. The van der Waals surface area contributed by atoms with E-state index < -0.39 is 0 Å². The minimum Gasteiger partial charge on any atom is -0.507 e. The van der Waals surface area contributed by atoms with E-state index in [4.69, 9.17) is 4.74 Å². The largest absolute Gasteiger partial charge is 0.507 e. The number of carbonyl (C=O) groups excluding carboxylic acids is 1. The number of aromatic hydroxyl groups is 1. The smallest absolute Gasteiger partial charge is 0.277 e. The Hall–Kier alpha value is -1.86. The Morgan fingerprint density at radius 1 is 1.25 bits per heavy atom. The van der Waals surface area contributed by atoms with Gasteiger partial charge in [0.15, 0.2) is 6.61 Å². The Bertz CT molecular complexity index is 771. The molecule has 0 bridgehead atoms. The number of amides is 1. The molecule has 2 aromatic carbocycles. The first kappa shape index (κ1) is 18.5. The molecule has 1 amide bonds. The fraction of sp³-hybridized carbons (Fsp3) is 0.176. The predicted octanol–water partition coefficient (Wildman–Crippen LogP) is 4.06. The van der Waals surface area contributed by atoms with E-state index in [1.807, 2.05) is 32.0 Å². The van der Waals surface area contributed by atoms with Crippen LogP contribution in [-0.4, -0.2) is 23.8 Å². The Kier molecular flexibility index (Phi) is 6.39. The maximum Gasteiger partial charge on any atom is 0.277 e. The second kappa shape index (κ2) is 8.30. The molecule has 0 aliphatic rings. The van der Waals surface area contributed by atoms with Crippen molar-refractivity contribution in [2.24, 2.45) is 5.10 Å². The van der Waals surface area contributed by atoms with Gasteiger partial charge in [-0.3, -0.25) is 4.79 Å². The van der Waals surface area contributed by atoms with Gasteiger partial charge in [-0.2, -0.15) is 5.10 Å². The van der Waals surface area contributed by atoms with Crippen molar-refractivity contribution in [1.29, 1.82) is 0 Å². The number of hydrogen-bond acceptors (Lipinski definition) is 4. The molecule has 2 rings (SSSR count). The third-order valence-electron chi connectivity index (χ3n) is 3.22. The lowest BCUT2D eigenvalue weighted by Crippen LogP contribution is -2.25. The summed E-state index contributed by atoms with van der Waals surface area (Å²) in [6.07, 6.45) is 1.44. The van der Waals surface area contributed by atoms with Crippen LogP contribution in [-0.2, 0) is 4.79 Å². The first-order valence-electron chi connectivity index (χ1n) is 7.07. The van der Waals surface area contributed by atoms with E-state index in [0.29, 0.717) is 15.8 Å². The molecule has 2 N–H and O–H groups in total. The summed E-state index contributed by atoms with van der Waals surface area (Å²) in [7, 11) is 0. The zero-order valence-corrected chi connectivity index (χ0v) is 16.3. The first-order valence-corrected chi connectivity index (χ1v) is 8.66. The number of ether oxygens (including phenoxy) is 1. The van der Waals surface area contributed by atoms with Crippen LogP contribution in [0.15, 0.2) is 44.4 Å². The zero-order valence-electron chi connectivity index (χ0n) is 13.1. The number of para-hydroxylation sites is 1. The molecule has 0 heterocycles. The summed E-state index contributed by atoms with van der Waals surface area (Å²) in [4.78, 5) is 11.8. The molecule has 0 saturated carbocycles. The van der Waals surface area contributed by atoms with E-state index in [2.05, 4.69) is 42.4 Å². The van der Waals surface area contributed by atoms with Crippen molar-refractivity contribution in [3.05, 3.63) is 56.0 Å². The predicted molar refractivity (Wildman–Crippen MR) is 101 cm³/mol. The maximum absolute atomic E-state index is 11.8. The average molecular weight is 456 g/mol. The number of nitrogens with zero attached hydrogens (tertiary/aromatic N) is 1. The number of halogens is 2. The summed E-state index contributed by atoms with van der Waals surface area (Å²) in [6.45, 7) is 3.72. The minimum absolute atomic E-state index is 0.0873. The van der Waals surface area contributed by atoms with Gasteiger partial charge in [-0.05, 0) is 53.0 Å². The van der Waals surface area contributed by atoms with Crippen LogP contribution in [0.4, 0.5) is 0 Å². The van der Waals surface area contributed by atoms with Crippen molar-refractivity contribution >= 4 is 44.0 Å². The van der Waals surface area contributed by atoms with E-state index in [-0.39, 0.29) is 18.3 Å². The average Bonchev–Trinajstić information content (AvgIpc) is 2.52.